The van der Waals surface area contributed by atoms with Crippen molar-refractivity contribution in [3.8, 4) is 0 Å². The molecule has 0 aliphatic carbocycles. The zero-order valence-corrected chi connectivity index (χ0v) is 7.21. The van der Waals surface area contributed by atoms with E-state index in [1.165, 1.54) is 0 Å². The number of aliphatic imine (C=N–C) groups is 1. The first-order valence-electron chi connectivity index (χ1n) is 3.99. The lowest BCUT2D eigenvalue weighted by molar-refractivity contribution is 0.0461. The first kappa shape index (κ1) is 9.28. The number of nitrogens with two attached hydrogens (primary N) is 1. The number of hydrogen-bond acceptors (Lipinski definition) is 3. The second-order valence-corrected chi connectivity index (χ2v) is 3.26. The van der Waals surface area contributed by atoms with E-state index >= 15 is 0 Å². The molecule has 0 aromatic carbocycles. The highest BCUT2D eigenvalue weighted by Crippen LogP contribution is 2.22. The van der Waals surface area contributed by atoms with E-state index in [2.05, 4.69) is 4.99 Å². The largest absolute Gasteiger partial charge is 0.379 e. The molecule has 5 nitrogen and oxygen atoms in total. The van der Waals surface area contributed by atoms with Gasteiger partial charge in [-0.25, -0.2) is 10.5 Å². The molecule has 0 radical (unpaired) electrons. The molecule has 1 rings (SSSR count). The van der Waals surface area contributed by atoms with Crippen LogP contribution in [0.4, 0.5) is 0 Å². The summed E-state index contributed by atoms with van der Waals surface area (Å²) < 4.78 is 5.26. The Hall–Kier alpha value is -0.810. The van der Waals surface area contributed by atoms with Crippen LogP contribution in [0.5, 0.6) is 0 Å². The zero-order valence-electron chi connectivity index (χ0n) is 7.21. The summed E-state index contributed by atoms with van der Waals surface area (Å²) in [6, 6.07) is 0. The minimum Gasteiger partial charge on any atom is -0.379 e. The molecule has 1 aliphatic rings. The molecule has 1 heterocycles. The topological polar surface area (TPSA) is 79.9 Å². The Morgan fingerprint density at radius 1 is 1.75 bits per heavy atom. The molecule has 70 valence electrons. The molecular formula is C7H15N3O2. The van der Waals surface area contributed by atoms with Gasteiger partial charge in [-0.2, -0.15) is 0 Å². The van der Waals surface area contributed by atoms with E-state index in [0.717, 1.165) is 19.4 Å². The maximum atomic E-state index is 8.43. The second kappa shape index (κ2) is 3.73. The maximum Gasteiger partial charge on any atom is 0.213 e. The van der Waals surface area contributed by atoms with Crippen LogP contribution < -0.4 is 11.2 Å². The Morgan fingerprint density at radius 2 is 2.50 bits per heavy atom. The van der Waals surface area contributed by atoms with Gasteiger partial charge in [0.1, 0.15) is 0 Å². The number of hydroxylamine groups is 1. The third-order valence-electron chi connectivity index (χ3n) is 1.92. The maximum absolute atomic E-state index is 8.43. The van der Waals surface area contributed by atoms with Crippen molar-refractivity contribution in [1.82, 2.24) is 5.48 Å². The van der Waals surface area contributed by atoms with Gasteiger partial charge in [0.15, 0.2) is 0 Å². The van der Waals surface area contributed by atoms with Crippen LogP contribution in [0.2, 0.25) is 0 Å². The fraction of sp³-hybridized carbons (Fsp3) is 0.857. The number of nitrogens with one attached hydrogen (secondary N) is 1. The molecule has 0 aromatic rings. The molecule has 5 heteroatoms. The van der Waals surface area contributed by atoms with E-state index < -0.39 is 0 Å². The van der Waals surface area contributed by atoms with Gasteiger partial charge in [0.25, 0.3) is 0 Å². The quantitative estimate of drug-likeness (QED) is 0.292. The lowest BCUT2D eigenvalue weighted by Gasteiger charge is -2.29. The third kappa shape index (κ3) is 2.35. The second-order valence-electron chi connectivity index (χ2n) is 3.26. The molecule has 1 atom stereocenters. The Balaban J connectivity index is 2.57. The summed E-state index contributed by atoms with van der Waals surface area (Å²) in [4.78, 5) is 4.09. The Bertz CT molecular complexity index is 175. The van der Waals surface area contributed by atoms with E-state index in [1.54, 1.807) is 0 Å². The van der Waals surface area contributed by atoms with Crippen molar-refractivity contribution < 1.29 is 9.94 Å². The molecule has 1 aliphatic heterocycles. The van der Waals surface area contributed by atoms with Crippen LogP contribution in [-0.4, -0.2) is 29.9 Å². The molecule has 0 spiro atoms. The van der Waals surface area contributed by atoms with Gasteiger partial charge in [-0.3, -0.25) is 5.21 Å². The average molecular weight is 173 g/mol. The highest BCUT2D eigenvalue weighted by molar-refractivity contribution is 5.77. The van der Waals surface area contributed by atoms with Crippen LogP contribution in [0.1, 0.15) is 19.8 Å². The molecule has 0 aromatic heterocycles. The van der Waals surface area contributed by atoms with Gasteiger partial charge in [-0.15, -0.1) is 0 Å². The summed E-state index contributed by atoms with van der Waals surface area (Å²) in [7, 11) is 0. The smallest absolute Gasteiger partial charge is 0.213 e. The Morgan fingerprint density at radius 3 is 3.00 bits per heavy atom. The highest BCUT2D eigenvalue weighted by atomic mass is 16.5. The molecular weight excluding hydrogens is 158 g/mol. The summed E-state index contributed by atoms with van der Waals surface area (Å²) in [6.07, 6.45) is 1.92. The highest BCUT2D eigenvalue weighted by Gasteiger charge is 2.27. The average Bonchev–Trinajstić information content (AvgIpc) is 2.05. The van der Waals surface area contributed by atoms with Gasteiger partial charge >= 0.3 is 0 Å². The van der Waals surface area contributed by atoms with Gasteiger partial charge < -0.3 is 10.5 Å². The molecule has 4 N–H and O–H groups in total. The number of nitrogens with zero attached hydrogens (tertiary/aromatic N) is 1. The SMILES string of the molecule is CC1(N=C(N)NO)CCCOC1. The van der Waals surface area contributed by atoms with E-state index in [-0.39, 0.29) is 11.5 Å². The number of rotatable bonds is 1. The molecule has 1 saturated heterocycles. The van der Waals surface area contributed by atoms with Gasteiger partial charge in [-0.05, 0) is 19.8 Å². The van der Waals surface area contributed by atoms with E-state index in [0.29, 0.717) is 6.61 Å². The van der Waals surface area contributed by atoms with Crippen LogP contribution in [0.15, 0.2) is 4.99 Å². The van der Waals surface area contributed by atoms with Crippen molar-refractivity contribution >= 4 is 5.96 Å². The first-order valence-corrected chi connectivity index (χ1v) is 3.99. The van der Waals surface area contributed by atoms with Crippen molar-refractivity contribution in [2.75, 3.05) is 13.2 Å². The molecule has 1 unspecified atom stereocenters. The predicted molar refractivity (Wildman–Crippen MR) is 45.0 cm³/mol. The minimum absolute atomic E-state index is 0.0444. The molecule has 0 saturated carbocycles. The minimum atomic E-state index is -0.280. The predicted octanol–water partition coefficient (Wildman–Crippen LogP) is -0.151. The summed E-state index contributed by atoms with van der Waals surface area (Å²) in [5.74, 6) is 0.0444. The number of hydrogen-bond donors (Lipinski definition) is 3. The van der Waals surface area contributed by atoms with E-state index in [9.17, 15) is 0 Å². The lowest BCUT2D eigenvalue weighted by Crippen LogP contribution is -2.39. The van der Waals surface area contributed by atoms with Gasteiger partial charge in [-0.1, -0.05) is 0 Å². The summed E-state index contributed by atoms with van der Waals surface area (Å²) in [5, 5.41) is 8.43. The van der Waals surface area contributed by atoms with Crippen LogP contribution >= 0.6 is 0 Å². The Labute approximate surface area is 71.6 Å². The monoisotopic (exact) mass is 173 g/mol. The summed E-state index contributed by atoms with van der Waals surface area (Å²) in [5.41, 5.74) is 6.85. The van der Waals surface area contributed by atoms with Gasteiger partial charge in [0.05, 0.1) is 12.1 Å². The Kier molecular flexibility index (Phi) is 2.88. The van der Waals surface area contributed by atoms with Gasteiger partial charge in [0.2, 0.25) is 5.96 Å². The number of guanidine groups is 1. The van der Waals surface area contributed by atoms with Crippen molar-refractivity contribution in [3.63, 3.8) is 0 Å². The van der Waals surface area contributed by atoms with Crippen molar-refractivity contribution in [2.24, 2.45) is 10.7 Å². The van der Waals surface area contributed by atoms with E-state index in [1.807, 2.05) is 12.4 Å². The van der Waals surface area contributed by atoms with Gasteiger partial charge in [0, 0.05) is 6.61 Å². The normalized spacial score (nSPS) is 31.7. The van der Waals surface area contributed by atoms with Crippen molar-refractivity contribution in [3.05, 3.63) is 0 Å². The van der Waals surface area contributed by atoms with Crippen LogP contribution in [0.3, 0.4) is 0 Å². The lowest BCUT2D eigenvalue weighted by atomic mass is 9.96. The zero-order chi connectivity index (χ0) is 9.03. The van der Waals surface area contributed by atoms with Crippen molar-refractivity contribution in [2.45, 2.75) is 25.3 Å². The number of ether oxygens (including phenoxy) is 1. The van der Waals surface area contributed by atoms with Crippen LogP contribution in [0, 0.1) is 0 Å². The van der Waals surface area contributed by atoms with Crippen LogP contribution in [0.25, 0.3) is 0 Å². The fourth-order valence-electron chi connectivity index (χ4n) is 1.32. The fourth-order valence-corrected chi connectivity index (χ4v) is 1.32. The molecule has 12 heavy (non-hydrogen) atoms. The molecule has 1 fully saturated rings. The molecule has 0 bridgehead atoms. The molecule has 0 amide bonds. The standard InChI is InChI=1S/C7H15N3O2/c1-7(9-6(8)10-11)3-2-4-12-5-7/h11H,2-5H2,1H3,(H3,8,9,10). The first-order chi connectivity index (χ1) is 5.66. The van der Waals surface area contributed by atoms with E-state index in [4.69, 9.17) is 15.7 Å². The summed E-state index contributed by atoms with van der Waals surface area (Å²) >= 11 is 0. The third-order valence-corrected chi connectivity index (χ3v) is 1.92. The van der Waals surface area contributed by atoms with Crippen LogP contribution in [-0.2, 0) is 4.74 Å². The summed E-state index contributed by atoms with van der Waals surface area (Å²) in [6.45, 7) is 3.31. The van der Waals surface area contributed by atoms with Crippen molar-refractivity contribution in [1.29, 1.82) is 0 Å².